The molecular formula is C22H18ClN3S. The van der Waals surface area contributed by atoms with E-state index < -0.39 is 0 Å². The molecule has 5 rings (SSSR count). The lowest BCUT2D eigenvalue weighted by Crippen LogP contribution is -2.25. The van der Waals surface area contributed by atoms with Crippen LogP contribution in [0.3, 0.4) is 0 Å². The largest absolute Gasteiger partial charge is 0.322 e. The summed E-state index contributed by atoms with van der Waals surface area (Å²) in [6.45, 7) is 4.34. The van der Waals surface area contributed by atoms with Crippen LogP contribution in [0.1, 0.15) is 18.1 Å². The van der Waals surface area contributed by atoms with Crippen molar-refractivity contribution in [3.63, 3.8) is 0 Å². The number of para-hydroxylation sites is 1. The Labute approximate surface area is 167 Å². The van der Waals surface area contributed by atoms with E-state index in [-0.39, 0.29) is 0 Å². The van der Waals surface area contributed by atoms with Crippen LogP contribution < -0.4 is 4.90 Å². The second kappa shape index (κ2) is 6.32. The van der Waals surface area contributed by atoms with Gasteiger partial charge in [-0.2, -0.15) is 4.98 Å². The average Bonchev–Trinajstić information content (AvgIpc) is 3.22. The molecule has 0 amide bonds. The molecule has 3 heterocycles. The minimum Gasteiger partial charge on any atom is -0.322 e. The molecule has 1 unspecified atom stereocenters. The first-order valence-electron chi connectivity index (χ1n) is 9.01. The highest BCUT2D eigenvalue weighted by atomic mass is 35.5. The first kappa shape index (κ1) is 16.7. The van der Waals surface area contributed by atoms with Crippen LogP contribution in [0.2, 0.25) is 5.28 Å². The number of aryl methyl sites for hydroxylation is 1. The average molecular weight is 392 g/mol. The van der Waals surface area contributed by atoms with E-state index >= 15 is 0 Å². The van der Waals surface area contributed by atoms with E-state index in [4.69, 9.17) is 16.6 Å². The normalized spacial score (nSPS) is 16.1. The summed E-state index contributed by atoms with van der Waals surface area (Å²) >= 11 is 7.93. The lowest BCUT2D eigenvalue weighted by molar-refractivity contribution is 0.752. The monoisotopic (exact) mass is 391 g/mol. The quantitative estimate of drug-likeness (QED) is 0.370. The van der Waals surface area contributed by atoms with Crippen LogP contribution in [0, 0.1) is 6.92 Å². The van der Waals surface area contributed by atoms with Gasteiger partial charge in [0, 0.05) is 22.7 Å². The number of aromatic nitrogens is 2. The summed E-state index contributed by atoms with van der Waals surface area (Å²) < 4.78 is 0. The molecule has 0 bridgehead atoms. The molecule has 0 fully saturated rings. The molecule has 0 spiro atoms. The molecule has 0 N–H and O–H groups in total. The van der Waals surface area contributed by atoms with E-state index in [2.05, 4.69) is 77.6 Å². The predicted molar refractivity (Wildman–Crippen MR) is 114 cm³/mol. The van der Waals surface area contributed by atoms with Gasteiger partial charge in [0.2, 0.25) is 5.28 Å². The van der Waals surface area contributed by atoms with Crippen molar-refractivity contribution in [2.45, 2.75) is 26.3 Å². The maximum Gasteiger partial charge on any atom is 0.225 e. The Kier molecular flexibility index (Phi) is 3.92. The molecule has 3 nitrogen and oxygen atoms in total. The van der Waals surface area contributed by atoms with Crippen LogP contribution in [0.25, 0.3) is 21.3 Å². The number of thiophene rings is 1. The number of benzene rings is 2. The molecule has 134 valence electrons. The smallest absolute Gasteiger partial charge is 0.225 e. The Hall–Kier alpha value is -2.43. The van der Waals surface area contributed by atoms with E-state index in [0.717, 1.165) is 22.5 Å². The fraction of sp³-hybridized carbons (Fsp3) is 0.182. The number of rotatable bonds is 2. The third-order valence-corrected chi connectivity index (χ3v) is 6.23. The summed E-state index contributed by atoms with van der Waals surface area (Å²) in [5.41, 5.74) is 6.15. The molecule has 5 heteroatoms. The second-order valence-electron chi connectivity index (χ2n) is 7.06. The minimum absolute atomic E-state index is 0.298. The fourth-order valence-electron chi connectivity index (χ4n) is 3.91. The first-order chi connectivity index (χ1) is 13.1. The molecule has 1 atom stereocenters. The third kappa shape index (κ3) is 2.71. The number of hydrogen-bond acceptors (Lipinski definition) is 4. The maximum absolute atomic E-state index is 6.31. The third-order valence-electron chi connectivity index (χ3n) is 5.19. The number of halogens is 1. The molecule has 2 aromatic heterocycles. The van der Waals surface area contributed by atoms with Crippen molar-refractivity contribution >= 4 is 44.7 Å². The number of anilines is 2. The molecule has 1 aliphatic rings. The van der Waals surface area contributed by atoms with Crippen molar-refractivity contribution in [1.29, 1.82) is 0 Å². The van der Waals surface area contributed by atoms with E-state index in [9.17, 15) is 0 Å². The van der Waals surface area contributed by atoms with E-state index in [1.54, 1.807) is 11.3 Å². The summed E-state index contributed by atoms with van der Waals surface area (Å²) in [4.78, 5) is 12.4. The van der Waals surface area contributed by atoms with Crippen LogP contribution in [-0.2, 0) is 6.42 Å². The van der Waals surface area contributed by atoms with Gasteiger partial charge in [0.05, 0.1) is 5.39 Å². The van der Waals surface area contributed by atoms with Crippen molar-refractivity contribution in [3.05, 3.63) is 70.3 Å². The zero-order valence-corrected chi connectivity index (χ0v) is 16.7. The van der Waals surface area contributed by atoms with Crippen LogP contribution in [0.4, 0.5) is 11.5 Å². The molecule has 0 saturated heterocycles. The highest BCUT2D eigenvalue weighted by molar-refractivity contribution is 7.17. The molecule has 1 aliphatic heterocycles. The van der Waals surface area contributed by atoms with Gasteiger partial charge in [-0.25, -0.2) is 4.98 Å². The number of hydrogen-bond donors (Lipinski definition) is 0. The minimum atomic E-state index is 0.298. The summed E-state index contributed by atoms with van der Waals surface area (Å²) in [6.07, 6.45) is 1.00. The van der Waals surface area contributed by atoms with Gasteiger partial charge in [0.1, 0.15) is 10.6 Å². The zero-order valence-electron chi connectivity index (χ0n) is 15.1. The summed E-state index contributed by atoms with van der Waals surface area (Å²) in [5, 5.41) is 3.54. The van der Waals surface area contributed by atoms with Crippen molar-refractivity contribution in [1.82, 2.24) is 9.97 Å². The van der Waals surface area contributed by atoms with Crippen molar-refractivity contribution < 1.29 is 0 Å². The van der Waals surface area contributed by atoms with Crippen LogP contribution in [-0.4, -0.2) is 16.0 Å². The Morgan fingerprint density at radius 3 is 2.67 bits per heavy atom. The molecule has 0 saturated carbocycles. The van der Waals surface area contributed by atoms with E-state index in [1.807, 2.05) is 0 Å². The number of nitrogens with zero attached hydrogens (tertiary/aromatic N) is 3. The highest BCUT2D eigenvalue weighted by Crippen LogP contribution is 2.44. The topological polar surface area (TPSA) is 29.0 Å². The fourth-order valence-corrected chi connectivity index (χ4v) is 5.06. The Bertz CT molecular complexity index is 1150. The molecule has 0 radical (unpaired) electrons. The van der Waals surface area contributed by atoms with Gasteiger partial charge in [-0.3, -0.25) is 0 Å². The Morgan fingerprint density at radius 2 is 1.85 bits per heavy atom. The van der Waals surface area contributed by atoms with E-state index in [1.165, 1.54) is 27.9 Å². The summed E-state index contributed by atoms with van der Waals surface area (Å²) in [7, 11) is 0. The van der Waals surface area contributed by atoms with Gasteiger partial charge in [-0.1, -0.05) is 48.0 Å². The van der Waals surface area contributed by atoms with Crippen LogP contribution >= 0.6 is 22.9 Å². The first-order valence-corrected chi connectivity index (χ1v) is 10.3. The van der Waals surface area contributed by atoms with Gasteiger partial charge >= 0.3 is 0 Å². The van der Waals surface area contributed by atoms with Crippen LogP contribution in [0.5, 0.6) is 0 Å². The highest BCUT2D eigenvalue weighted by Gasteiger charge is 2.30. The van der Waals surface area contributed by atoms with E-state index in [0.29, 0.717) is 11.3 Å². The predicted octanol–water partition coefficient (Wildman–Crippen LogP) is 6.40. The summed E-state index contributed by atoms with van der Waals surface area (Å²) in [5.74, 6) is 0.902. The standard InChI is InChI=1S/C22H18ClN3S/c1-13-7-9-15(10-8-13)17-12-27-21-19(17)20(24-22(23)25-21)26-14(2)11-16-5-3-4-6-18(16)26/h3-10,12,14H,11H2,1-2H3. The van der Waals surface area contributed by atoms with Crippen molar-refractivity contribution in [2.24, 2.45) is 0 Å². The molecular weight excluding hydrogens is 374 g/mol. The summed E-state index contributed by atoms with van der Waals surface area (Å²) in [6, 6.07) is 17.5. The van der Waals surface area contributed by atoms with Gasteiger partial charge in [-0.05, 0) is 49.1 Å². The molecule has 4 aromatic rings. The van der Waals surface area contributed by atoms with Gasteiger partial charge < -0.3 is 4.90 Å². The van der Waals surface area contributed by atoms with Gasteiger partial charge in [0.25, 0.3) is 0 Å². The van der Waals surface area contributed by atoms with Gasteiger partial charge in [0.15, 0.2) is 0 Å². The molecule has 2 aromatic carbocycles. The Balaban J connectivity index is 1.77. The van der Waals surface area contributed by atoms with Crippen LogP contribution in [0.15, 0.2) is 53.9 Å². The zero-order chi connectivity index (χ0) is 18.5. The molecule has 0 aliphatic carbocycles. The van der Waals surface area contributed by atoms with Crippen molar-refractivity contribution in [3.8, 4) is 11.1 Å². The van der Waals surface area contributed by atoms with Crippen molar-refractivity contribution in [2.75, 3.05) is 4.90 Å². The maximum atomic E-state index is 6.31. The lowest BCUT2D eigenvalue weighted by atomic mass is 10.0. The number of fused-ring (bicyclic) bond motifs is 2. The lowest BCUT2D eigenvalue weighted by Gasteiger charge is -2.25. The molecule has 27 heavy (non-hydrogen) atoms. The Morgan fingerprint density at radius 1 is 1.07 bits per heavy atom. The second-order valence-corrected chi connectivity index (χ2v) is 8.26. The SMILES string of the molecule is Cc1ccc(-c2csc3nc(Cl)nc(N4c5ccccc5CC4C)c23)cc1. The van der Waals surface area contributed by atoms with Gasteiger partial charge in [-0.15, -0.1) is 11.3 Å².